The number of azo groups is 1. The Labute approximate surface area is 203 Å². The van der Waals surface area contributed by atoms with Crippen LogP contribution >= 0.6 is 24.4 Å². The Balaban J connectivity index is 1.65. The fraction of sp³-hybridized carbons (Fsp3) is 0.333. The van der Waals surface area contributed by atoms with Gasteiger partial charge in [0.15, 0.2) is 5.54 Å². The molecule has 2 aromatic carbocycles. The van der Waals surface area contributed by atoms with Crippen LogP contribution in [0.4, 0.5) is 5.69 Å². The Morgan fingerprint density at radius 3 is 2.45 bits per heavy atom. The van der Waals surface area contributed by atoms with Crippen LogP contribution in [0.2, 0.25) is 0 Å². The second-order valence-electron chi connectivity index (χ2n) is 7.98. The molecule has 33 heavy (non-hydrogen) atoms. The summed E-state index contributed by atoms with van der Waals surface area (Å²) >= 11 is 11.1. The van der Waals surface area contributed by atoms with E-state index in [1.165, 1.54) is 4.90 Å². The molecule has 0 aromatic heterocycles. The molecule has 0 unspecified atom stereocenters. The minimum atomic E-state index is -1.60. The molecule has 0 bridgehead atoms. The molecule has 4 rings (SSSR count). The van der Waals surface area contributed by atoms with Gasteiger partial charge in [-0.3, -0.25) is 4.79 Å². The fourth-order valence-electron chi connectivity index (χ4n) is 4.03. The molecule has 0 radical (unpaired) electrons. The van der Waals surface area contributed by atoms with Crippen molar-refractivity contribution in [3.63, 3.8) is 0 Å². The molecule has 2 aliphatic heterocycles. The molecule has 0 aliphatic carbocycles. The van der Waals surface area contributed by atoms with E-state index in [1.807, 2.05) is 48.5 Å². The Bertz CT molecular complexity index is 1070. The van der Waals surface area contributed by atoms with Gasteiger partial charge in [0.05, 0.1) is 34.5 Å². The van der Waals surface area contributed by atoms with Crippen molar-refractivity contribution in [2.24, 2.45) is 10.2 Å². The lowest BCUT2D eigenvalue weighted by atomic mass is 9.95. The number of amides is 1. The highest BCUT2D eigenvalue weighted by atomic mass is 32.1. The summed E-state index contributed by atoms with van der Waals surface area (Å²) in [4.78, 5) is 29.0. The second-order valence-corrected chi connectivity index (χ2v) is 8.88. The fourth-order valence-corrected chi connectivity index (χ4v) is 4.65. The number of benzene rings is 2. The number of carbonyl (C=O) groups is 2. The third kappa shape index (κ3) is 4.90. The van der Waals surface area contributed by atoms with Crippen molar-refractivity contribution < 1.29 is 14.3 Å². The summed E-state index contributed by atoms with van der Waals surface area (Å²) in [5, 5.41) is 11.7. The lowest BCUT2D eigenvalue weighted by Gasteiger charge is -2.35. The third-order valence-corrected chi connectivity index (χ3v) is 6.85. The highest BCUT2D eigenvalue weighted by Gasteiger charge is 2.58. The standard InChI is InChI=1S/C24H24N4O3S2/c29-22(19-12-7-13-25-19)28-14-20(32)21(33)24(28,16-26-27-18-10-5-2-6-11-18)23(30)31-15-17-8-3-1-4-9-17/h1-6,8-11,19,25H,7,12-16H2/t19-,24+/m0/s1. The molecule has 7 nitrogen and oxygen atoms in total. The molecule has 2 atom stereocenters. The maximum Gasteiger partial charge on any atom is 0.340 e. The number of rotatable bonds is 7. The molecule has 0 spiro atoms. The van der Waals surface area contributed by atoms with Gasteiger partial charge in [0.1, 0.15) is 6.61 Å². The average molecular weight is 481 g/mol. The van der Waals surface area contributed by atoms with E-state index >= 15 is 0 Å². The van der Waals surface area contributed by atoms with Gasteiger partial charge in [-0.2, -0.15) is 10.2 Å². The predicted octanol–water partition coefficient (Wildman–Crippen LogP) is 3.59. The van der Waals surface area contributed by atoms with E-state index in [9.17, 15) is 9.59 Å². The number of esters is 1. The number of hydrogen-bond acceptors (Lipinski definition) is 8. The molecule has 2 saturated heterocycles. The third-order valence-electron chi connectivity index (χ3n) is 5.81. The molecule has 9 heteroatoms. The summed E-state index contributed by atoms with van der Waals surface area (Å²) < 4.78 is 5.68. The van der Waals surface area contributed by atoms with Crippen molar-refractivity contribution in [2.75, 3.05) is 19.6 Å². The van der Waals surface area contributed by atoms with Crippen LogP contribution in [0.1, 0.15) is 18.4 Å². The number of hydrogen-bond donors (Lipinski definition) is 1. The molecule has 2 heterocycles. The van der Waals surface area contributed by atoms with E-state index in [1.54, 1.807) is 12.1 Å². The maximum atomic E-state index is 13.6. The number of nitrogens with one attached hydrogen (secondary N) is 1. The van der Waals surface area contributed by atoms with Crippen molar-refractivity contribution in [1.29, 1.82) is 0 Å². The molecule has 2 aromatic rings. The summed E-state index contributed by atoms with van der Waals surface area (Å²) in [7, 11) is 0. The van der Waals surface area contributed by atoms with Crippen LogP contribution in [0.3, 0.4) is 0 Å². The Morgan fingerprint density at radius 1 is 1.09 bits per heavy atom. The van der Waals surface area contributed by atoms with Gasteiger partial charge in [0, 0.05) is 0 Å². The van der Waals surface area contributed by atoms with Crippen molar-refractivity contribution >= 4 is 51.7 Å². The minimum Gasteiger partial charge on any atom is -0.459 e. The number of nitrogens with zero attached hydrogens (tertiary/aromatic N) is 3. The van der Waals surface area contributed by atoms with Crippen molar-refractivity contribution in [3.05, 3.63) is 66.2 Å². The quantitative estimate of drug-likeness (QED) is 0.371. The Morgan fingerprint density at radius 2 is 1.79 bits per heavy atom. The zero-order chi connectivity index (χ0) is 23.3. The monoisotopic (exact) mass is 480 g/mol. The molecule has 2 fully saturated rings. The summed E-state index contributed by atoms with van der Waals surface area (Å²) in [5.74, 6) is -0.865. The van der Waals surface area contributed by atoms with Gasteiger partial charge in [-0.15, -0.1) is 0 Å². The number of likely N-dealkylation sites (tertiary alicyclic amines) is 1. The molecule has 1 N–H and O–H groups in total. The Hall–Kier alpha value is -2.88. The first-order valence-corrected chi connectivity index (χ1v) is 11.6. The summed E-state index contributed by atoms with van der Waals surface area (Å²) in [5.41, 5.74) is -0.137. The van der Waals surface area contributed by atoms with Crippen LogP contribution in [-0.4, -0.2) is 57.7 Å². The first-order valence-electron chi connectivity index (χ1n) is 10.8. The van der Waals surface area contributed by atoms with E-state index in [-0.39, 0.29) is 36.5 Å². The number of ether oxygens (including phenoxy) is 1. The number of thiocarbonyl (C=S) groups is 2. The lowest BCUT2D eigenvalue weighted by Crippen LogP contribution is -2.62. The summed E-state index contributed by atoms with van der Waals surface area (Å²) in [6.07, 6.45) is 1.58. The first kappa shape index (κ1) is 23.3. The number of carbonyl (C=O) groups excluding carboxylic acids is 2. The van der Waals surface area contributed by atoms with Gasteiger partial charge in [-0.05, 0) is 37.1 Å². The van der Waals surface area contributed by atoms with Crippen molar-refractivity contribution in [1.82, 2.24) is 10.2 Å². The highest BCUT2D eigenvalue weighted by Crippen LogP contribution is 2.31. The minimum absolute atomic E-state index is 0.0519. The smallest absolute Gasteiger partial charge is 0.340 e. The van der Waals surface area contributed by atoms with E-state index in [4.69, 9.17) is 29.2 Å². The van der Waals surface area contributed by atoms with Crippen LogP contribution in [0, 0.1) is 0 Å². The van der Waals surface area contributed by atoms with E-state index in [0.717, 1.165) is 18.5 Å². The van der Waals surface area contributed by atoms with Gasteiger partial charge in [0.25, 0.3) is 0 Å². The van der Waals surface area contributed by atoms with Gasteiger partial charge in [0.2, 0.25) is 5.91 Å². The average Bonchev–Trinajstić information content (AvgIpc) is 3.47. The van der Waals surface area contributed by atoms with E-state index < -0.39 is 11.5 Å². The van der Waals surface area contributed by atoms with Crippen molar-refractivity contribution in [3.8, 4) is 0 Å². The van der Waals surface area contributed by atoms with Crippen LogP contribution in [0.25, 0.3) is 0 Å². The lowest BCUT2D eigenvalue weighted by molar-refractivity contribution is -0.159. The summed E-state index contributed by atoms with van der Waals surface area (Å²) in [6, 6.07) is 18.1. The molecule has 170 valence electrons. The SMILES string of the molecule is O=C([C@@H]1CCCN1)N1CC(=S)C(=S)[C@]1(CN=Nc1ccccc1)C(=O)OCc1ccccc1. The zero-order valence-electron chi connectivity index (χ0n) is 18.0. The molecule has 2 aliphatic rings. The molecule has 1 amide bonds. The second kappa shape index (κ2) is 10.4. The first-order chi connectivity index (χ1) is 16.0. The molecular weight excluding hydrogens is 456 g/mol. The van der Waals surface area contributed by atoms with Crippen LogP contribution in [0.15, 0.2) is 70.9 Å². The van der Waals surface area contributed by atoms with Gasteiger partial charge in [-0.1, -0.05) is 73.0 Å². The summed E-state index contributed by atoms with van der Waals surface area (Å²) in [6.45, 7) is 0.730. The predicted molar refractivity (Wildman–Crippen MR) is 133 cm³/mol. The topological polar surface area (TPSA) is 83.4 Å². The van der Waals surface area contributed by atoms with Crippen LogP contribution in [-0.2, 0) is 20.9 Å². The zero-order valence-corrected chi connectivity index (χ0v) is 19.6. The van der Waals surface area contributed by atoms with Crippen molar-refractivity contribution in [2.45, 2.75) is 31.0 Å². The van der Waals surface area contributed by atoms with Crippen LogP contribution in [0.5, 0.6) is 0 Å². The normalized spacial score (nSPS) is 22.8. The molecular formula is C24H24N4O3S2. The largest absolute Gasteiger partial charge is 0.459 e. The van der Waals surface area contributed by atoms with Gasteiger partial charge >= 0.3 is 5.97 Å². The Kier molecular flexibility index (Phi) is 7.32. The maximum absolute atomic E-state index is 13.6. The molecule has 0 saturated carbocycles. The van der Waals surface area contributed by atoms with Crippen LogP contribution < -0.4 is 5.32 Å². The van der Waals surface area contributed by atoms with E-state index in [2.05, 4.69) is 15.5 Å². The van der Waals surface area contributed by atoms with Gasteiger partial charge in [-0.25, -0.2) is 4.79 Å². The highest BCUT2D eigenvalue weighted by molar-refractivity contribution is 7.89. The van der Waals surface area contributed by atoms with E-state index in [0.29, 0.717) is 17.0 Å². The van der Waals surface area contributed by atoms with Gasteiger partial charge < -0.3 is 15.0 Å².